The van der Waals surface area contributed by atoms with E-state index in [0.29, 0.717) is 48.9 Å². The van der Waals surface area contributed by atoms with Crippen molar-refractivity contribution in [3.63, 3.8) is 0 Å². The number of nitriles is 1. The topological polar surface area (TPSA) is 136 Å². The van der Waals surface area contributed by atoms with E-state index in [9.17, 15) is 14.9 Å². The first-order valence-corrected chi connectivity index (χ1v) is 10.4. The Morgan fingerprint density at radius 2 is 1.97 bits per heavy atom. The zero-order valence-corrected chi connectivity index (χ0v) is 17.7. The molecule has 1 amide bonds. The molecule has 0 aliphatic carbocycles. The number of rotatable bonds is 7. The number of hydrogen-bond acceptors (Lipinski definition) is 7. The minimum Gasteiger partial charge on any atom is -0.486 e. The summed E-state index contributed by atoms with van der Waals surface area (Å²) in [4.78, 5) is 27.7. The van der Waals surface area contributed by atoms with E-state index >= 15 is 0 Å². The van der Waals surface area contributed by atoms with Gasteiger partial charge in [-0.05, 0) is 35.4 Å². The molecule has 4 N–H and O–H groups in total. The molecule has 0 radical (unpaired) electrons. The fraction of sp³-hybridized carbons (Fsp3) is 0.208. The van der Waals surface area contributed by atoms with Crippen LogP contribution in [0.4, 0.5) is 5.69 Å². The number of fused-ring (bicyclic) bond motifs is 1. The third kappa shape index (κ3) is 4.87. The summed E-state index contributed by atoms with van der Waals surface area (Å²) in [7, 11) is 0. The fourth-order valence-electron chi connectivity index (χ4n) is 3.53. The Kier molecular flexibility index (Phi) is 6.69. The number of nitrogens with one attached hydrogen (secondary N) is 3. The van der Waals surface area contributed by atoms with E-state index in [-0.39, 0.29) is 23.4 Å². The second kappa shape index (κ2) is 9.99. The lowest BCUT2D eigenvalue weighted by atomic mass is 9.98. The van der Waals surface area contributed by atoms with Crippen molar-refractivity contribution in [2.45, 2.75) is 6.54 Å². The summed E-state index contributed by atoms with van der Waals surface area (Å²) in [6.07, 6.45) is 1.51. The normalized spacial score (nSPS) is 12.1. The van der Waals surface area contributed by atoms with Crippen LogP contribution < -0.4 is 25.7 Å². The molecule has 9 nitrogen and oxygen atoms in total. The molecule has 4 rings (SSSR count). The van der Waals surface area contributed by atoms with E-state index in [0.717, 1.165) is 5.56 Å². The van der Waals surface area contributed by atoms with Crippen LogP contribution in [0.5, 0.6) is 11.5 Å². The van der Waals surface area contributed by atoms with Gasteiger partial charge in [-0.3, -0.25) is 9.59 Å². The van der Waals surface area contributed by atoms with Crippen LogP contribution in [-0.4, -0.2) is 42.4 Å². The summed E-state index contributed by atoms with van der Waals surface area (Å²) < 4.78 is 11.2. The van der Waals surface area contributed by atoms with Crippen LogP contribution in [0.2, 0.25) is 0 Å². The summed E-state index contributed by atoms with van der Waals surface area (Å²) in [6.45, 7) is 1.67. The highest BCUT2D eigenvalue weighted by Gasteiger charge is 2.18. The number of carbonyl (C=O) groups excluding carboxylic acids is 1. The molecule has 33 heavy (non-hydrogen) atoms. The van der Waals surface area contributed by atoms with Crippen molar-refractivity contribution in [1.29, 1.82) is 5.26 Å². The number of pyridine rings is 1. The molecular weight excluding hydrogens is 424 g/mol. The zero-order chi connectivity index (χ0) is 23.2. The van der Waals surface area contributed by atoms with Crippen molar-refractivity contribution in [1.82, 2.24) is 10.3 Å². The maximum atomic E-state index is 12.9. The Morgan fingerprint density at radius 1 is 1.15 bits per heavy atom. The number of benzene rings is 2. The second-order valence-electron chi connectivity index (χ2n) is 7.30. The van der Waals surface area contributed by atoms with E-state index in [4.69, 9.17) is 14.6 Å². The molecule has 1 aromatic heterocycles. The van der Waals surface area contributed by atoms with Crippen LogP contribution in [0.25, 0.3) is 11.1 Å². The zero-order valence-electron chi connectivity index (χ0n) is 17.7. The summed E-state index contributed by atoms with van der Waals surface area (Å²) in [5.41, 5.74) is 1.97. The molecule has 0 saturated carbocycles. The van der Waals surface area contributed by atoms with Crippen molar-refractivity contribution in [2.24, 2.45) is 0 Å². The molecule has 0 spiro atoms. The first-order valence-electron chi connectivity index (χ1n) is 10.4. The number of amides is 1. The first-order chi connectivity index (χ1) is 16.1. The lowest BCUT2D eigenvalue weighted by molar-refractivity contribution is 0.102. The van der Waals surface area contributed by atoms with Crippen LogP contribution in [-0.2, 0) is 6.54 Å². The van der Waals surface area contributed by atoms with Gasteiger partial charge in [0, 0.05) is 24.8 Å². The second-order valence-corrected chi connectivity index (χ2v) is 7.30. The van der Waals surface area contributed by atoms with E-state index in [2.05, 4.69) is 21.7 Å². The van der Waals surface area contributed by atoms with Gasteiger partial charge < -0.3 is 30.2 Å². The van der Waals surface area contributed by atoms with Gasteiger partial charge in [-0.2, -0.15) is 5.26 Å². The minimum atomic E-state index is -0.629. The Morgan fingerprint density at radius 3 is 2.76 bits per heavy atom. The Balaban J connectivity index is 1.62. The number of ether oxygens (including phenoxy) is 2. The van der Waals surface area contributed by atoms with Gasteiger partial charge in [-0.1, -0.05) is 18.2 Å². The van der Waals surface area contributed by atoms with Crippen molar-refractivity contribution in [3.8, 4) is 28.7 Å². The maximum Gasteiger partial charge on any atom is 0.261 e. The standard InChI is InChI=1S/C24H22N4O5/c25-12-19-17(16-4-5-21-22(11-16)33-9-8-32-21)2-1-3-20(19)28-24(31)18-10-15(13-26-6-7-29)14-27-23(18)30/h1-5,10-11,14,26,29H,6-9,13H2,(H,27,30)(H,28,31). The van der Waals surface area contributed by atoms with Gasteiger partial charge in [0.05, 0.1) is 17.9 Å². The molecule has 0 bridgehead atoms. The largest absolute Gasteiger partial charge is 0.486 e. The molecular formula is C24H22N4O5. The highest BCUT2D eigenvalue weighted by Crippen LogP contribution is 2.37. The van der Waals surface area contributed by atoms with Crippen LogP contribution >= 0.6 is 0 Å². The van der Waals surface area contributed by atoms with E-state index in [1.54, 1.807) is 30.3 Å². The number of aliphatic hydroxyl groups excluding tert-OH is 1. The highest BCUT2D eigenvalue weighted by molar-refractivity contribution is 6.05. The molecule has 9 heteroatoms. The molecule has 0 unspecified atom stereocenters. The van der Waals surface area contributed by atoms with Crippen LogP contribution in [0, 0.1) is 11.3 Å². The summed E-state index contributed by atoms with van der Waals surface area (Å²) >= 11 is 0. The Bertz CT molecular complexity index is 1280. The summed E-state index contributed by atoms with van der Waals surface area (Å²) in [5.74, 6) is 0.604. The van der Waals surface area contributed by atoms with Gasteiger partial charge in [-0.25, -0.2) is 0 Å². The number of anilines is 1. The average Bonchev–Trinajstić information content (AvgIpc) is 2.84. The van der Waals surface area contributed by atoms with Crippen LogP contribution in [0.1, 0.15) is 21.5 Å². The van der Waals surface area contributed by atoms with Crippen molar-refractivity contribution >= 4 is 11.6 Å². The predicted octanol–water partition coefficient (Wildman–Crippen LogP) is 2.02. The summed E-state index contributed by atoms with van der Waals surface area (Å²) in [5, 5.41) is 24.4. The van der Waals surface area contributed by atoms with Crippen molar-refractivity contribution in [2.75, 3.05) is 31.7 Å². The van der Waals surface area contributed by atoms with Gasteiger partial charge in [0.15, 0.2) is 11.5 Å². The third-order valence-electron chi connectivity index (χ3n) is 5.10. The number of aromatic amines is 1. The molecule has 2 heterocycles. The number of aromatic nitrogens is 1. The van der Waals surface area contributed by atoms with Crippen molar-refractivity contribution in [3.05, 3.63) is 75.7 Å². The SMILES string of the molecule is N#Cc1c(NC(=O)c2cc(CNCCO)c[nH]c2=O)cccc1-c1ccc2c(c1)OCCO2. The number of nitrogens with zero attached hydrogens (tertiary/aromatic N) is 1. The third-order valence-corrected chi connectivity index (χ3v) is 5.10. The fourth-order valence-corrected chi connectivity index (χ4v) is 3.53. The van der Waals surface area contributed by atoms with E-state index in [1.807, 2.05) is 6.07 Å². The minimum absolute atomic E-state index is 0.0205. The molecule has 0 fully saturated rings. The molecule has 1 aliphatic heterocycles. The van der Waals surface area contributed by atoms with Gasteiger partial charge in [0.1, 0.15) is 24.8 Å². The number of hydrogen-bond donors (Lipinski definition) is 4. The Labute approximate surface area is 189 Å². The smallest absolute Gasteiger partial charge is 0.261 e. The molecule has 1 aliphatic rings. The predicted molar refractivity (Wildman–Crippen MR) is 121 cm³/mol. The summed E-state index contributed by atoms with van der Waals surface area (Å²) in [6, 6.07) is 14.1. The number of aliphatic hydroxyl groups is 1. The van der Waals surface area contributed by atoms with E-state index in [1.165, 1.54) is 12.3 Å². The molecule has 3 aromatic rings. The van der Waals surface area contributed by atoms with Crippen LogP contribution in [0.15, 0.2) is 53.5 Å². The monoisotopic (exact) mass is 446 g/mol. The quantitative estimate of drug-likeness (QED) is 0.408. The maximum absolute atomic E-state index is 12.9. The highest BCUT2D eigenvalue weighted by atomic mass is 16.6. The van der Waals surface area contributed by atoms with E-state index < -0.39 is 11.5 Å². The van der Waals surface area contributed by atoms with Gasteiger partial charge in [0.25, 0.3) is 11.5 Å². The van der Waals surface area contributed by atoms with Crippen molar-refractivity contribution < 1.29 is 19.4 Å². The molecule has 0 saturated heterocycles. The molecule has 168 valence electrons. The van der Waals surface area contributed by atoms with Crippen LogP contribution in [0.3, 0.4) is 0 Å². The van der Waals surface area contributed by atoms with Gasteiger partial charge in [0.2, 0.25) is 0 Å². The molecule has 2 aromatic carbocycles. The molecule has 0 atom stereocenters. The first kappa shape index (κ1) is 22.1. The Hall–Kier alpha value is -4.13. The lowest BCUT2D eigenvalue weighted by Gasteiger charge is -2.19. The number of carbonyl (C=O) groups is 1. The average molecular weight is 446 g/mol. The van der Waals surface area contributed by atoms with Gasteiger partial charge >= 0.3 is 0 Å². The lowest BCUT2D eigenvalue weighted by Crippen LogP contribution is -2.25. The van der Waals surface area contributed by atoms with Gasteiger partial charge in [-0.15, -0.1) is 0 Å². The number of H-pyrrole nitrogens is 1.